The third kappa shape index (κ3) is 4.86. The first-order valence-corrected chi connectivity index (χ1v) is 11.5. The Morgan fingerprint density at radius 1 is 1.13 bits per heavy atom. The Kier molecular flexibility index (Phi) is 6.72. The van der Waals surface area contributed by atoms with Crippen LogP contribution in [-0.2, 0) is 4.79 Å². The molecular formula is C24H34N4O2. The minimum atomic E-state index is 0.00196. The number of aromatic amines is 1. The fourth-order valence-corrected chi connectivity index (χ4v) is 4.86. The zero-order valence-electron chi connectivity index (χ0n) is 18.0. The number of H-pyrrole nitrogens is 1. The number of nitrogens with zero attached hydrogens (tertiary/aromatic N) is 2. The Balaban J connectivity index is 1.21. The number of benzene rings is 1. The molecule has 1 atom stereocenters. The fourth-order valence-electron chi connectivity index (χ4n) is 4.86. The summed E-state index contributed by atoms with van der Waals surface area (Å²) in [5.41, 5.74) is 1.64. The lowest BCUT2D eigenvalue weighted by Gasteiger charge is -2.34. The van der Waals surface area contributed by atoms with Crippen molar-refractivity contribution in [3.8, 4) is 0 Å². The number of piperidine rings is 1. The topological polar surface area (TPSA) is 68.4 Å². The zero-order valence-corrected chi connectivity index (χ0v) is 18.0. The maximum atomic E-state index is 12.9. The van der Waals surface area contributed by atoms with E-state index >= 15 is 0 Å². The average Bonchev–Trinajstić information content (AvgIpc) is 3.45. The molecule has 0 radical (unpaired) electrons. The van der Waals surface area contributed by atoms with Gasteiger partial charge >= 0.3 is 0 Å². The number of nitrogens with one attached hydrogen (secondary N) is 2. The van der Waals surface area contributed by atoms with E-state index in [-0.39, 0.29) is 17.7 Å². The molecule has 2 aliphatic heterocycles. The predicted molar refractivity (Wildman–Crippen MR) is 119 cm³/mol. The van der Waals surface area contributed by atoms with E-state index in [1.165, 1.54) is 25.9 Å². The minimum absolute atomic E-state index is 0.00196. The van der Waals surface area contributed by atoms with Crippen molar-refractivity contribution in [1.82, 2.24) is 20.1 Å². The van der Waals surface area contributed by atoms with Gasteiger partial charge in [-0.2, -0.15) is 0 Å². The van der Waals surface area contributed by atoms with Gasteiger partial charge in [-0.15, -0.1) is 0 Å². The van der Waals surface area contributed by atoms with E-state index in [9.17, 15) is 9.59 Å². The SMILES string of the molecule is C[C@H](C(=O)NCCCN1CCCC1)C1CCN(C(=O)c2cc3ccccc3[nH]2)CC1. The molecule has 2 N–H and O–H groups in total. The van der Waals surface area contributed by atoms with E-state index in [0.29, 0.717) is 24.7 Å². The average molecular weight is 411 g/mol. The number of para-hydroxylation sites is 1. The Morgan fingerprint density at radius 3 is 2.60 bits per heavy atom. The maximum Gasteiger partial charge on any atom is 0.270 e. The molecule has 30 heavy (non-hydrogen) atoms. The number of carbonyl (C=O) groups is 2. The van der Waals surface area contributed by atoms with Gasteiger partial charge in [-0.05, 0) is 69.8 Å². The molecule has 0 spiro atoms. The van der Waals surface area contributed by atoms with Gasteiger partial charge in [0.15, 0.2) is 0 Å². The Labute approximate surface area is 179 Å². The summed E-state index contributed by atoms with van der Waals surface area (Å²) in [6.07, 6.45) is 5.41. The van der Waals surface area contributed by atoms with Crippen molar-refractivity contribution in [3.05, 3.63) is 36.0 Å². The van der Waals surface area contributed by atoms with Gasteiger partial charge in [0.1, 0.15) is 5.69 Å². The van der Waals surface area contributed by atoms with Crippen LogP contribution in [0.3, 0.4) is 0 Å². The molecular weight excluding hydrogens is 376 g/mol. The first-order chi connectivity index (χ1) is 14.6. The largest absolute Gasteiger partial charge is 0.356 e. The van der Waals surface area contributed by atoms with Crippen LogP contribution in [0.25, 0.3) is 10.9 Å². The molecule has 0 saturated carbocycles. The summed E-state index contributed by atoms with van der Waals surface area (Å²) < 4.78 is 0. The number of fused-ring (bicyclic) bond motifs is 1. The van der Waals surface area contributed by atoms with Gasteiger partial charge in [0.2, 0.25) is 5.91 Å². The molecule has 0 unspecified atom stereocenters. The van der Waals surface area contributed by atoms with E-state index in [4.69, 9.17) is 0 Å². The summed E-state index contributed by atoms with van der Waals surface area (Å²) in [5.74, 6) is 0.568. The Hall–Kier alpha value is -2.34. The van der Waals surface area contributed by atoms with Gasteiger partial charge in [0.25, 0.3) is 5.91 Å². The van der Waals surface area contributed by atoms with E-state index in [1.807, 2.05) is 42.2 Å². The molecule has 2 aliphatic rings. The van der Waals surface area contributed by atoms with Crippen molar-refractivity contribution in [2.45, 2.75) is 39.0 Å². The van der Waals surface area contributed by atoms with Crippen molar-refractivity contribution in [3.63, 3.8) is 0 Å². The lowest BCUT2D eigenvalue weighted by Crippen LogP contribution is -2.43. The van der Waals surface area contributed by atoms with Crippen LogP contribution in [0.1, 0.15) is 49.5 Å². The molecule has 6 nitrogen and oxygen atoms in total. The molecule has 2 aromatic rings. The third-order valence-corrected chi connectivity index (χ3v) is 6.86. The molecule has 4 rings (SSSR count). The molecule has 0 bridgehead atoms. The number of rotatable bonds is 7. The van der Waals surface area contributed by atoms with Crippen molar-refractivity contribution in [2.24, 2.45) is 11.8 Å². The lowest BCUT2D eigenvalue weighted by atomic mass is 9.84. The summed E-state index contributed by atoms with van der Waals surface area (Å²) in [5, 5.41) is 4.19. The molecule has 0 aliphatic carbocycles. The monoisotopic (exact) mass is 410 g/mol. The van der Waals surface area contributed by atoms with Crippen LogP contribution in [0.2, 0.25) is 0 Å². The quantitative estimate of drug-likeness (QED) is 0.689. The standard InChI is InChI=1S/C24H34N4O2/c1-18(23(29)25-11-6-14-27-12-4-5-13-27)19-9-15-28(16-10-19)24(30)22-17-20-7-2-3-8-21(20)26-22/h2-3,7-8,17-19,26H,4-6,9-16H2,1H3,(H,25,29)/t18-/m0/s1. The summed E-state index contributed by atoms with van der Waals surface area (Å²) in [6, 6.07) is 9.89. The zero-order chi connectivity index (χ0) is 20.9. The summed E-state index contributed by atoms with van der Waals surface area (Å²) >= 11 is 0. The highest BCUT2D eigenvalue weighted by Gasteiger charge is 2.30. The second-order valence-electron chi connectivity index (χ2n) is 8.88. The number of carbonyl (C=O) groups excluding carboxylic acids is 2. The second kappa shape index (κ2) is 9.65. The van der Waals surface area contributed by atoms with Gasteiger partial charge in [0.05, 0.1) is 0 Å². The Morgan fingerprint density at radius 2 is 1.87 bits per heavy atom. The van der Waals surface area contributed by atoms with E-state index in [2.05, 4.69) is 15.2 Å². The van der Waals surface area contributed by atoms with Crippen molar-refractivity contribution < 1.29 is 9.59 Å². The molecule has 2 saturated heterocycles. The van der Waals surface area contributed by atoms with Gasteiger partial charge in [-0.3, -0.25) is 9.59 Å². The highest BCUT2D eigenvalue weighted by Crippen LogP contribution is 2.26. The third-order valence-electron chi connectivity index (χ3n) is 6.86. The maximum absolute atomic E-state index is 12.9. The fraction of sp³-hybridized carbons (Fsp3) is 0.583. The molecule has 1 aromatic carbocycles. The van der Waals surface area contributed by atoms with Gasteiger partial charge < -0.3 is 20.1 Å². The minimum Gasteiger partial charge on any atom is -0.356 e. The van der Waals surface area contributed by atoms with Crippen molar-refractivity contribution in [1.29, 1.82) is 0 Å². The van der Waals surface area contributed by atoms with Crippen LogP contribution < -0.4 is 5.32 Å². The number of aromatic nitrogens is 1. The van der Waals surface area contributed by atoms with Crippen LogP contribution in [0.5, 0.6) is 0 Å². The number of amides is 2. The highest BCUT2D eigenvalue weighted by atomic mass is 16.2. The number of hydrogen-bond donors (Lipinski definition) is 2. The lowest BCUT2D eigenvalue weighted by molar-refractivity contribution is -0.126. The van der Waals surface area contributed by atoms with Crippen LogP contribution in [0, 0.1) is 11.8 Å². The van der Waals surface area contributed by atoms with Gasteiger partial charge in [0, 0.05) is 36.5 Å². The number of likely N-dealkylation sites (tertiary alicyclic amines) is 2. The molecule has 162 valence electrons. The Bertz CT molecular complexity index is 830. The molecule has 6 heteroatoms. The number of hydrogen-bond acceptors (Lipinski definition) is 3. The molecule has 1 aromatic heterocycles. The van der Waals surface area contributed by atoms with Crippen LogP contribution >= 0.6 is 0 Å². The predicted octanol–water partition coefficient (Wildman–Crippen LogP) is 3.26. The van der Waals surface area contributed by atoms with Gasteiger partial charge in [-0.25, -0.2) is 0 Å². The first kappa shape index (κ1) is 20.9. The van der Waals surface area contributed by atoms with Crippen LogP contribution in [-0.4, -0.2) is 65.9 Å². The summed E-state index contributed by atoms with van der Waals surface area (Å²) in [7, 11) is 0. The smallest absolute Gasteiger partial charge is 0.270 e. The summed E-state index contributed by atoms with van der Waals surface area (Å²) in [6.45, 7) is 7.73. The summed E-state index contributed by atoms with van der Waals surface area (Å²) in [4.78, 5) is 33.1. The normalized spacial score (nSPS) is 19.3. The highest BCUT2D eigenvalue weighted by molar-refractivity contribution is 5.98. The van der Waals surface area contributed by atoms with Crippen LogP contribution in [0.4, 0.5) is 0 Å². The molecule has 3 heterocycles. The van der Waals surface area contributed by atoms with Crippen molar-refractivity contribution >= 4 is 22.7 Å². The van der Waals surface area contributed by atoms with E-state index in [0.717, 1.165) is 43.3 Å². The van der Waals surface area contributed by atoms with Gasteiger partial charge in [-0.1, -0.05) is 25.1 Å². The van der Waals surface area contributed by atoms with Crippen LogP contribution in [0.15, 0.2) is 30.3 Å². The van der Waals surface area contributed by atoms with Crippen molar-refractivity contribution in [2.75, 3.05) is 39.3 Å². The van der Waals surface area contributed by atoms with E-state index in [1.54, 1.807) is 0 Å². The molecule has 2 amide bonds. The second-order valence-corrected chi connectivity index (χ2v) is 8.88. The molecule has 2 fully saturated rings. The first-order valence-electron chi connectivity index (χ1n) is 11.5. The van der Waals surface area contributed by atoms with E-state index < -0.39 is 0 Å².